The third-order valence-corrected chi connectivity index (χ3v) is 12.1. The number of carbonyl (C=O) groups excluding carboxylic acids is 4. The standard InChI is InChI=1S/C58H28Br2N2O8/c1-5-9-11-13-15-17-19-29-69-45-33-41-48-42(58(66)62(57(41)65)38-27-23-36(60)24-28-38)34-46(70-30-20-18-16-14-12-10-6-2)52-50-44(68-8-4)32-40-47-39(31-43(67-7-3)49(53(47)50)51(45)54(48)52)55(63)61(56(40)64)37-25-21-35(59)22-26-37/h1-2,21-28,31-34H,7-8,29-30H2,3-4H3. The first kappa shape index (κ1) is 45.9. The molecule has 7 aromatic carbocycles. The van der Waals surface area contributed by atoms with Gasteiger partial charge in [0, 0.05) is 52.0 Å². The Balaban J connectivity index is 1.44. The second kappa shape index (κ2) is 19.5. The van der Waals surface area contributed by atoms with Crippen LogP contribution in [0.25, 0.3) is 43.1 Å². The highest BCUT2D eigenvalue weighted by atomic mass is 79.9. The lowest BCUT2D eigenvalue weighted by molar-refractivity contribution is 0.0877. The number of fused-ring (bicyclic) bond motifs is 2. The average molecular weight is 1040 g/mol. The van der Waals surface area contributed by atoms with Crippen molar-refractivity contribution in [3.05, 3.63) is 104 Å². The van der Waals surface area contributed by atoms with Gasteiger partial charge in [0.15, 0.2) is 0 Å². The van der Waals surface area contributed by atoms with Crippen LogP contribution >= 0.6 is 31.9 Å². The summed E-state index contributed by atoms with van der Waals surface area (Å²) < 4.78 is 27.6. The van der Waals surface area contributed by atoms with Crippen LogP contribution in [-0.2, 0) is 0 Å². The molecule has 2 aliphatic heterocycles. The molecule has 0 aliphatic carbocycles. The largest absolute Gasteiger partial charge is 0.493 e. The molecule has 12 heteroatoms. The molecule has 332 valence electrons. The molecule has 70 heavy (non-hydrogen) atoms. The summed E-state index contributed by atoms with van der Waals surface area (Å²) in [6, 6.07) is 19.9. The maximum atomic E-state index is 15.0. The third kappa shape index (κ3) is 7.98. The molecule has 0 radical (unpaired) electrons. The first-order valence-corrected chi connectivity index (χ1v) is 22.7. The molecule has 0 saturated carbocycles. The minimum atomic E-state index is -0.632. The molecule has 0 N–H and O–H groups in total. The summed E-state index contributed by atoms with van der Waals surface area (Å²) >= 11 is 6.90. The first-order chi connectivity index (χ1) is 34.1. The van der Waals surface area contributed by atoms with Gasteiger partial charge in [-0.2, -0.15) is 0 Å². The lowest BCUT2D eigenvalue weighted by atomic mass is 9.80. The molecule has 0 unspecified atom stereocenters. The Morgan fingerprint density at radius 2 is 0.714 bits per heavy atom. The van der Waals surface area contributed by atoms with Crippen molar-refractivity contribution in [2.45, 2.75) is 13.8 Å². The van der Waals surface area contributed by atoms with E-state index in [4.69, 9.17) is 31.8 Å². The topological polar surface area (TPSA) is 112 Å². The summed E-state index contributed by atoms with van der Waals surface area (Å²) in [7, 11) is 0. The highest BCUT2D eigenvalue weighted by Crippen LogP contribution is 2.56. The molecule has 9 rings (SSSR count). The van der Waals surface area contributed by atoms with E-state index >= 15 is 9.59 Å². The van der Waals surface area contributed by atoms with E-state index < -0.39 is 23.6 Å². The zero-order valence-corrected chi connectivity index (χ0v) is 40.0. The number of anilines is 2. The number of hydrogen-bond donors (Lipinski definition) is 0. The van der Waals surface area contributed by atoms with E-state index in [1.807, 2.05) is 0 Å². The lowest BCUT2D eigenvalue weighted by Gasteiger charge is -2.32. The van der Waals surface area contributed by atoms with Gasteiger partial charge in [0.2, 0.25) is 0 Å². The molecule has 2 heterocycles. The molecular formula is C58H28Br2N2O8. The molecule has 0 aromatic heterocycles. The molecule has 7 aromatic rings. The molecule has 0 bridgehead atoms. The van der Waals surface area contributed by atoms with Crippen LogP contribution in [0, 0.1) is 95.7 Å². The van der Waals surface area contributed by atoms with Gasteiger partial charge in [-0.15, -0.1) is 12.8 Å². The van der Waals surface area contributed by atoms with Gasteiger partial charge < -0.3 is 18.9 Å². The van der Waals surface area contributed by atoms with Gasteiger partial charge in [-0.05, 0) is 170 Å². The van der Waals surface area contributed by atoms with Gasteiger partial charge in [-0.25, -0.2) is 9.80 Å². The van der Waals surface area contributed by atoms with E-state index in [0.717, 1.165) is 18.7 Å². The van der Waals surface area contributed by atoms with Gasteiger partial charge in [0.25, 0.3) is 23.6 Å². The Hall–Kier alpha value is -9.24. The Bertz CT molecular complexity index is 3770. The van der Waals surface area contributed by atoms with Crippen LogP contribution in [0.2, 0.25) is 0 Å². The summed E-state index contributed by atoms with van der Waals surface area (Å²) in [5, 5.41) is 2.93. The predicted octanol–water partition coefficient (Wildman–Crippen LogP) is 9.71. The van der Waals surface area contributed by atoms with Crippen molar-refractivity contribution >= 4 is 110 Å². The fourth-order valence-electron chi connectivity index (χ4n) is 8.57. The molecule has 0 spiro atoms. The van der Waals surface area contributed by atoms with Crippen LogP contribution in [0.15, 0.2) is 81.7 Å². The minimum absolute atomic E-state index is 0.125. The summed E-state index contributed by atoms with van der Waals surface area (Å²) in [6.45, 7) is 3.42. The quantitative estimate of drug-likeness (QED) is 0.0577. The number of ether oxygens (including phenoxy) is 4. The second-order valence-electron chi connectivity index (χ2n) is 14.9. The Morgan fingerprint density at radius 1 is 0.414 bits per heavy atom. The number of benzene rings is 7. The molecule has 0 atom stereocenters. The third-order valence-electron chi connectivity index (χ3n) is 11.1. The highest BCUT2D eigenvalue weighted by Gasteiger charge is 2.42. The van der Waals surface area contributed by atoms with Gasteiger partial charge in [0.05, 0.1) is 46.8 Å². The van der Waals surface area contributed by atoms with E-state index in [9.17, 15) is 9.59 Å². The molecule has 0 fully saturated rings. The highest BCUT2D eigenvalue weighted by molar-refractivity contribution is 9.10. The normalized spacial score (nSPS) is 11.9. The summed E-state index contributed by atoms with van der Waals surface area (Å²) in [4.78, 5) is 62.0. The van der Waals surface area contributed by atoms with Crippen LogP contribution < -0.4 is 28.7 Å². The van der Waals surface area contributed by atoms with Gasteiger partial charge in [-0.3, -0.25) is 19.2 Å². The maximum absolute atomic E-state index is 15.0. The Labute approximate surface area is 418 Å². The van der Waals surface area contributed by atoms with Crippen molar-refractivity contribution < 1.29 is 38.1 Å². The zero-order valence-electron chi connectivity index (χ0n) is 36.8. The Kier molecular flexibility index (Phi) is 12.8. The van der Waals surface area contributed by atoms with E-state index in [2.05, 4.69) is 115 Å². The van der Waals surface area contributed by atoms with Gasteiger partial charge in [-0.1, -0.05) is 31.9 Å². The van der Waals surface area contributed by atoms with Crippen molar-refractivity contribution in [3.63, 3.8) is 0 Å². The minimum Gasteiger partial charge on any atom is -0.493 e. The van der Waals surface area contributed by atoms with Crippen molar-refractivity contribution in [3.8, 4) is 119 Å². The van der Waals surface area contributed by atoms with E-state index in [-0.39, 0.29) is 71.7 Å². The number of amides is 4. The number of imide groups is 2. The van der Waals surface area contributed by atoms with Crippen molar-refractivity contribution in [1.29, 1.82) is 0 Å². The number of halogens is 2. The van der Waals surface area contributed by atoms with Crippen molar-refractivity contribution in [1.82, 2.24) is 0 Å². The molecule has 10 nitrogen and oxygen atoms in total. The van der Waals surface area contributed by atoms with Gasteiger partial charge >= 0.3 is 0 Å². The van der Waals surface area contributed by atoms with Crippen LogP contribution in [0.3, 0.4) is 0 Å². The van der Waals surface area contributed by atoms with E-state index in [1.165, 1.54) is 0 Å². The van der Waals surface area contributed by atoms with Crippen LogP contribution in [-0.4, -0.2) is 50.1 Å². The zero-order chi connectivity index (χ0) is 49.1. The van der Waals surface area contributed by atoms with Crippen molar-refractivity contribution in [2.24, 2.45) is 0 Å². The number of hydrogen-bond acceptors (Lipinski definition) is 8. The average Bonchev–Trinajstić information content (AvgIpc) is 3.35. The summed E-state index contributed by atoms with van der Waals surface area (Å²) in [5.74, 6) is 34.1. The fraction of sp³-hybridized carbons (Fsp3) is 0.103. The maximum Gasteiger partial charge on any atom is 0.266 e. The SMILES string of the molecule is C#CC#CC#CC#CCOc1cc2c3c(cc(OCC#CC#CC#CC#C)c4c5c(OCC)cc6c7c(cc(OCC)c(c1c34)c75)C(=O)N(c1ccc(Br)cc1)C6=O)C(=O)N(c1ccc(Br)cc1)C2=O. The molecule has 2 aliphatic rings. The van der Waals surface area contributed by atoms with E-state index in [1.54, 1.807) is 86.6 Å². The van der Waals surface area contributed by atoms with Crippen LogP contribution in [0.1, 0.15) is 55.3 Å². The number of terminal acetylenes is 2. The fourth-order valence-corrected chi connectivity index (χ4v) is 9.10. The number of carbonyl (C=O) groups is 4. The lowest BCUT2D eigenvalue weighted by Crippen LogP contribution is -2.40. The summed E-state index contributed by atoms with van der Waals surface area (Å²) in [6.07, 6.45) is 10.4. The molecule has 4 amide bonds. The first-order valence-electron chi connectivity index (χ1n) is 21.2. The smallest absolute Gasteiger partial charge is 0.266 e. The van der Waals surface area contributed by atoms with E-state index in [0.29, 0.717) is 54.5 Å². The number of rotatable bonds is 10. The molecule has 0 saturated heterocycles. The number of nitrogens with zero attached hydrogens (tertiary/aromatic N) is 2. The van der Waals surface area contributed by atoms with Gasteiger partial charge in [0.1, 0.15) is 36.2 Å². The monoisotopic (exact) mass is 1040 g/mol. The molecular weight excluding hydrogens is 1010 g/mol. The van der Waals surface area contributed by atoms with Crippen molar-refractivity contribution in [2.75, 3.05) is 36.2 Å². The predicted molar refractivity (Wildman–Crippen MR) is 276 cm³/mol. The van der Waals surface area contributed by atoms with Crippen LogP contribution in [0.4, 0.5) is 11.4 Å². The van der Waals surface area contributed by atoms with Crippen LogP contribution in [0.5, 0.6) is 23.0 Å². The Morgan fingerprint density at radius 3 is 1.03 bits per heavy atom. The summed E-state index contributed by atoms with van der Waals surface area (Å²) in [5.41, 5.74) is 1.25. The second-order valence-corrected chi connectivity index (χ2v) is 16.7.